The molecule has 4 nitrogen and oxygen atoms in total. The van der Waals surface area contributed by atoms with Gasteiger partial charge in [-0.1, -0.05) is 11.6 Å². The van der Waals surface area contributed by atoms with Crippen LogP contribution in [0.3, 0.4) is 0 Å². The van der Waals surface area contributed by atoms with Crippen molar-refractivity contribution in [1.29, 1.82) is 0 Å². The van der Waals surface area contributed by atoms with Crippen molar-refractivity contribution in [3.05, 3.63) is 17.0 Å². The smallest absolute Gasteiger partial charge is 0.134 e. The van der Waals surface area contributed by atoms with Crippen LogP contribution in [0.2, 0.25) is 5.15 Å². The van der Waals surface area contributed by atoms with Crippen molar-refractivity contribution in [2.24, 2.45) is 5.92 Å². The van der Waals surface area contributed by atoms with Gasteiger partial charge in [0.1, 0.15) is 16.8 Å². The van der Waals surface area contributed by atoms with E-state index in [4.69, 9.17) is 16.3 Å². The maximum absolute atomic E-state index is 5.91. The third kappa shape index (κ3) is 2.83. The molecular formula is C11H16ClN3O. The SMILES string of the molecule is Cc1nc(Cl)cc(N(C)CC2CCOC2)n1. The highest BCUT2D eigenvalue weighted by Crippen LogP contribution is 2.19. The van der Waals surface area contributed by atoms with Gasteiger partial charge in [0.2, 0.25) is 0 Å². The molecule has 0 spiro atoms. The van der Waals surface area contributed by atoms with Crippen molar-refractivity contribution >= 4 is 17.4 Å². The Morgan fingerprint density at radius 3 is 3.00 bits per heavy atom. The molecule has 1 aromatic rings. The highest BCUT2D eigenvalue weighted by Gasteiger charge is 2.18. The van der Waals surface area contributed by atoms with Gasteiger partial charge in [-0.2, -0.15) is 0 Å². The van der Waals surface area contributed by atoms with E-state index in [1.54, 1.807) is 6.07 Å². The predicted octanol–water partition coefficient (Wildman–Crippen LogP) is 1.91. The minimum atomic E-state index is 0.497. The largest absolute Gasteiger partial charge is 0.381 e. The number of hydrogen-bond donors (Lipinski definition) is 0. The second-order valence-corrected chi connectivity index (χ2v) is 4.59. The van der Waals surface area contributed by atoms with Crippen LogP contribution in [0.15, 0.2) is 6.07 Å². The zero-order chi connectivity index (χ0) is 11.5. The Balaban J connectivity index is 2.04. The Labute approximate surface area is 101 Å². The molecule has 0 bridgehead atoms. The van der Waals surface area contributed by atoms with Crippen LogP contribution in [0.25, 0.3) is 0 Å². The Morgan fingerprint density at radius 1 is 1.56 bits per heavy atom. The molecule has 88 valence electrons. The molecule has 1 aromatic heterocycles. The minimum Gasteiger partial charge on any atom is -0.381 e. The summed E-state index contributed by atoms with van der Waals surface area (Å²) in [5, 5.41) is 0.497. The first kappa shape index (κ1) is 11.6. The standard InChI is InChI=1S/C11H16ClN3O/c1-8-13-10(12)5-11(14-8)15(2)6-9-3-4-16-7-9/h5,9H,3-4,6-7H2,1-2H3. The fourth-order valence-corrected chi connectivity index (χ4v) is 2.14. The van der Waals surface area contributed by atoms with E-state index in [1.807, 2.05) is 14.0 Å². The van der Waals surface area contributed by atoms with Crippen molar-refractivity contribution in [3.8, 4) is 0 Å². The van der Waals surface area contributed by atoms with Gasteiger partial charge in [0.15, 0.2) is 0 Å². The van der Waals surface area contributed by atoms with Gasteiger partial charge in [-0.15, -0.1) is 0 Å². The molecule has 1 aliphatic rings. The highest BCUT2D eigenvalue weighted by molar-refractivity contribution is 6.29. The van der Waals surface area contributed by atoms with Crippen LogP contribution in [-0.2, 0) is 4.74 Å². The van der Waals surface area contributed by atoms with Crippen molar-refractivity contribution in [2.45, 2.75) is 13.3 Å². The van der Waals surface area contributed by atoms with Gasteiger partial charge in [0.05, 0.1) is 6.61 Å². The zero-order valence-electron chi connectivity index (χ0n) is 9.61. The molecular weight excluding hydrogens is 226 g/mol. The lowest BCUT2D eigenvalue weighted by Gasteiger charge is -2.21. The van der Waals surface area contributed by atoms with E-state index in [0.717, 1.165) is 32.0 Å². The Morgan fingerprint density at radius 2 is 2.38 bits per heavy atom. The summed E-state index contributed by atoms with van der Waals surface area (Å²) in [7, 11) is 2.02. The van der Waals surface area contributed by atoms with Gasteiger partial charge in [0.25, 0.3) is 0 Å². The van der Waals surface area contributed by atoms with Gasteiger partial charge < -0.3 is 9.64 Å². The first-order chi connectivity index (χ1) is 7.65. The summed E-state index contributed by atoms with van der Waals surface area (Å²) in [6.07, 6.45) is 1.13. The summed E-state index contributed by atoms with van der Waals surface area (Å²) in [6, 6.07) is 1.80. The summed E-state index contributed by atoms with van der Waals surface area (Å²) < 4.78 is 5.36. The zero-order valence-corrected chi connectivity index (χ0v) is 10.4. The van der Waals surface area contributed by atoms with E-state index in [0.29, 0.717) is 16.9 Å². The van der Waals surface area contributed by atoms with E-state index in [1.165, 1.54) is 0 Å². The van der Waals surface area contributed by atoms with Crippen LogP contribution >= 0.6 is 11.6 Å². The van der Waals surface area contributed by atoms with Crippen LogP contribution in [-0.4, -0.2) is 36.8 Å². The molecule has 1 fully saturated rings. The van der Waals surface area contributed by atoms with Gasteiger partial charge in [-0.25, -0.2) is 9.97 Å². The second kappa shape index (κ2) is 4.97. The fourth-order valence-electron chi connectivity index (χ4n) is 1.92. The van der Waals surface area contributed by atoms with Gasteiger partial charge in [-0.05, 0) is 13.3 Å². The fraction of sp³-hybridized carbons (Fsp3) is 0.636. The molecule has 16 heavy (non-hydrogen) atoms. The minimum absolute atomic E-state index is 0.497. The summed E-state index contributed by atoms with van der Waals surface area (Å²) >= 11 is 5.91. The lowest BCUT2D eigenvalue weighted by molar-refractivity contribution is 0.186. The quantitative estimate of drug-likeness (QED) is 0.758. The lowest BCUT2D eigenvalue weighted by atomic mass is 10.1. The van der Waals surface area contributed by atoms with E-state index >= 15 is 0 Å². The number of anilines is 1. The summed E-state index contributed by atoms with van der Waals surface area (Å²) in [5.74, 6) is 2.18. The van der Waals surface area contributed by atoms with Crippen molar-refractivity contribution in [1.82, 2.24) is 9.97 Å². The van der Waals surface area contributed by atoms with Crippen molar-refractivity contribution in [3.63, 3.8) is 0 Å². The number of ether oxygens (including phenoxy) is 1. The highest BCUT2D eigenvalue weighted by atomic mass is 35.5. The summed E-state index contributed by atoms with van der Waals surface area (Å²) in [4.78, 5) is 10.5. The third-order valence-corrected chi connectivity index (χ3v) is 2.93. The number of aromatic nitrogens is 2. The van der Waals surface area contributed by atoms with Crippen LogP contribution in [0.4, 0.5) is 5.82 Å². The van der Waals surface area contributed by atoms with Gasteiger partial charge in [-0.3, -0.25) is 0 Å². The molecule has 0 amide bonds. The van der Waals surface area contributed by atoms with Crippen LogP contribution in [0.1, 0.15) is 12.2 Å². The molecule has 1 unspecified atom stereocenters. The van der Waals surface area contributed by atoms with Crippen LogP contribution in [0, 0.1) is 12.8 Å². The second-order valence-electron chi connectivity index (χ2n) is 4.21. The van der Waals surface area contributed by atoms with Gasteiger partial charge in [0, 0.05) is 32.2 Å². The third-order valence-electron chi connectivity index (χ3n) is 2.74. The molecule has 2 heterocycles. The average molecular weight is 242 g/mol. The molecule has 0 aromatic carbocycles. The topological polar surface area (TPSA) is 38.2 Å². The Bertz CT molecular complexity index is 346. The number of halogens is 1. The predicted molar refractivity (Wildman–Crippen MR) is 64.0 cm³/mol. The molecule has 1 atom stereocenters. The molecule has 0 radical (unpaired) electrons. The molecule has 0 aliphatic carbocycles. The van der Waals surface area contributed by atoms with E-state index < -0.39 is 0 Å². The maximum Gasteiger partial charge on any atom is 0.134 e. The van der Waals surface area contributed by atoms with Crippen molar-refractivity contribution < 1.29 is 4.74 Å². The average Bonchev–Trinajstić information content (AvgIpc) is 2.68. The van der Waals surface area contributed by atoms with Gasteiger partial charge >= 0.3 is 0 Å². The monoisotopic (exact) mass is 241 g/mol. The molecule has 5 heteroatoms. The van der Waals surface area contributed by atoms with E-state index in [2.05, 4.69) is 14.9 Å². The maximum atomic E-state index is 5.91. The number of nitrogens with zero attached hydrogens (tertiary/aromatic N) is 3. The molecule has 0 saturated carbocycles. The summed E-state index contributed by atoms with van der Waals surface area (Å²) in [6.45, 7) is 4.53. The van der Waals surface area contributed by atoms with Crippen molar-refractivity contribution in [2.75, 3.05) is 31.7 Å². The molecule has 1 saturated heterocycles. The first-order valence-corrected chi connectivity index (χ1v) is 5.83. The molecule has 1 aliphatic heterocycles. The Kier molecular flexibility index (Phi) is 3.61. The van der Waals surface area contributed by atoms with Crippen LogP contribution < -0.4 is 4.90 Å². The van der Waals surface area contributed by atoms with Crippen LogP contribution in [0.5, 0.6) is 0 Å². The summed E-state index contributed by atoms with van der Waals surface area (Å²) in [5.41, 5.74) is 0. The molecule has 0 N–H and O–H groups in total. The number of rotatable bonds is 3. The number of aryl methyl sites for hydroxylation is 1. The number of hydrogen-bond acceptors (Lipinski definition) is 4. The normalized spacial score (nSPS) is 20.1. The van der Waals surface area contributed by atoms with E-state index in [-0.39, 0.29) is 0 Å². The molecule has 2 rings (SSSR count). The lowest BCUT2D eigenvalue weighted by Crippen LogP contribution is -2.26. The first-order valence-electron chi connectivity index (χ1n) is 5.45. The Hall–Kier alpha value is -0.870. The van der Waals surface area contributed by atoms with E-state index in [9.17, 15) is 0 Å².